The second-order valence-electron chi connectivity index (χ2n) is 7.22. The van der Waals surface area contributed by atoms with Gasteiger partial charge in [-0.25, -0.2) is 4.79 Å². The molecule has 1 aromatic heterocycles. The van der Waals surface area contributed by atoms with Gasteiger partial charge in [-0.15, -0.1) is 0 Å². The summed E-state index contributed by atoms with van der Waals surface area (Å²) in [5.41, 5.74) is -0.149. The first-order chi connectivity index (χ1) is 11.3. The minimum absolute atomic E-state index is 0.0349. The van der Waals surface area contributed by atoms with Crippen molar-refractivity contribution in [3.63, 3.8) is 0 Å². The van der Waals surface area contributed by atoms with Gasteiger partial charge in [-0.05, 0) is 13.8 Å². The van der Waals surface area contributed by atoms with Crippen LogP contribution in [-0.2, 0) is 10.2 Å². The van der Waals surface area contributed by atoms with E-state index >= 15 is 0 Å². The highest BCUT2D eigenvalue weighted by molar-refractivity contribution is 5.74. The highest BCUT2D eigenvalue weighted by Crippen LogP contribution is 2.27. The first-order valence-electron chi connectivity index (χ1n) is 8.41. The second kappa shape index (κ2) is 7.48. The van der Waals surface area contributed by atoms with Crippen molar-refractivity contribution in [1.82, 2.24) is 25.7 Å². The minimum atomic E-state index is -0.174. The first kappa shape index (κ1) is 18.7. The average Bonchev–Trinajstić information content (AvgIpc) is 3.13. The van der Waals surface area contributed by atoms with E-state index in [0.717, 1.165) is 0 Å². The molecule has 1 aliphatic rings. The number of carbonyl (C=O) groups excluding carboxylic acids is 1. The van der Waals surface area contributed by atoms with Gasteiger partial charge in [0.1, 0.15) is 0 Å². The molecular formula is C16H29N5O3. The summed E-state index contributed by atoms with van der Waals surface area (Å²) in [5, 5.41) is 9.80. The van der Waals surface area contributed by atoms with Crippen LogP contribution < -0.4 is 10.6 Å². The Morgan fingerprint density at radius 1 is 1.46 bits per heavy atom. The molecule has 2 unspecified atom stereocenters. The summed E-state index contributed by atoms with van der Waals surface area (Å²) in [6, 6.07) is -0.284. The normalized spacial score (nSPS) is 23.2. The molecule has 3 atom stereocenters. The van der Waals surface area contributed by atoms with Gasteiger partial charge in [-0.1, -0.05) is 25.9 Å². The third-order valence-corrected chi connectivity index (χ3v) is 4.27. The van der Waals surface area contributed by atoms with Gasteiger partial charge in [0.15, 0.2) is 5.82 Å². The van der Waals surface area contributed by atoms with Crippen LogP contribution in [0, 0.1) is 0 Å². The third kappa shape index (κ3) is 4.24. The molecule has 8 heteroatoms. The number of urea groups is 1. The molecule has 0 aliphatic carbocycles. The Labute approximate surface area is 143 Å². The predicted molar refractivity (Wildman–Crippen MR) is 89.8 cm³/mol. The number of rotatable bonds is 5. The number of nitrogens with zero attached hydrogens (tertiary/aromatic N) is 3. The Bertz CT molecular complexity index is 554. The number of hydrogen-bond acceptors (Lipinski definition) is 6. The van der Waals surface area contributed by atoms with E-state index < -0.39 is 0 Å². The van der Waals surface area contributed by atoms with Crippen LogP contribution in [0.5, 0.6) is 0 Å². The van der Waals surface area contributed by atoms with Crippen LogP contribution in [0.2, 0.25) is 0 Å². The molecule has 0 spiro atoms. The molecule has 1 aliphatic heterocycles. The molecule has 2 N–H and O–H groups in total. The molecule has 8 nitrogen and oxygen atoms in total. The quantitative estimate of drug-likeness (QED) is 0.843. The lowest BCUT2D eigenvalue weighted by atomic mass is 9.96. The Morgan fingerprint density at radius 3 is 2.71 bits per heavy atom. The second-order valence-corrected chi connectivity index (χ2v) is 7.22. The van der Waals surface area contributed by atoms with Crippen molar-refractivity contribution in [3.05, 3.63) is 11.7 Å². The van der Waals surface area contributed by atoms with Gasteiger partial charge in [-0.3, -0.25) is 4.90 Å². The maximum Gasteiger partial charge on any atom is 0.315 e. The van der Waals surface area contributed by atoms with Crippen molar-refractivity contribution < 1.29 is 14.1 Å². The van der Waals surface area contributed by atoms with Crippen LogP contribution in [0.25, 0.3) is 0 Å². The largest absolute Gasteiger partial charge is 0.378 e. The number of hydrogen-bond donors (Lipinski definition) is 2. The van der Waals surface area contributed by atoms with Crippen LogP contribution in [0.4, 0.5) is 4.79 Å². The zero-order chi connectivity index (χ0) is 17.9. The van der Waals surface area contributed by atoms with Gasteiger partial charge < -0.3 is 19.9 Å². The van der Waals surface area contributed by atoms with Crippen molar-refractivity contribution in [1.29, 1.82) is 0 Å². The van der Waals surface area contributed by atoms with Crippen LogP contribution in [0.15, 0.2) is 4.52 Å². The van der Waals surface area contributed by atoms with E-state index in [1.807, 2.05) is 13.8 Å². The summed E-state index contributed by atoms with van der Waals surface area (Å²) >= 11 is 0. The fourth-order valence-corrected chi connectivity index (χ4v) is 2.74. The van der Waals surface area contributed by atoms with Crippen LogP contribution in [0.1, 0.15) is 52.4 Å². The molecule has 24 heavy (non-hydrogen) atoms. The van der Waals surface area contributed by atoms with E-state index in [0.29, 0.717) is 31.3 Å². The Hall–Kier alpha value is -1.67. The van der Waals surface area contributed by atoms with Gasteiger partial charge in [0, 0.05) is 32.2 Å². The highest BCUT2D eigenvalue weighted by atomic mass is 16.5. The fourth-order valence-electron chi connectivity index (χ4n) is 2.74. The zero-order valence-corrected chi connectivity index (χ0v) is 15.4. The summed E-state index contributed by atoms with van der Waals surface area (Å²) in [6.07, 6.45) is -0.0694. The van der Waals surface area contributed by atoms with Gasteiger partial charge in [0.2, 0.25) is 5.89 Å². The molecule has 136 valence electrons. The highest BCUT2D eigenvalue weighted by Gasteiger charge is 2.38. The summed E-state index contributed by atoms with van der Waals surface area (Å²) < 4.78 is 11.0. The van der Waals surface area contributed by atoms with Crippen molar-refractivity contribution in [2.75, 3.05) is 26.7 Å². The molecule has 2 rings (SSSR count). The monoisotopic (exact) mass is 339 g/mol. The van der Waals surface area contributed by atoms with Crippen LogP contribution in [-0.4, -0.2) is 60.0 Å². The number of aromatic nitrogens is 2. The van der Waals surface area contributed by atoms with E-state index in [1.165, 1.54) is 0 Å². The Kier molecular flexibility index (Phi) is 5.82. The maximum absolute atomic E-state index is 11.8. The van der Waals surface area contributed by atoms with E-state index in [4.69, 9.17) is 9.26 Å². The zero-order valence-electron chi connectivity index (χ0n) is 15.4. The van der Waals surface area contributed by atoms with Crippen molar-refractivity contribution >= 4 is 6.03 Å². The summed E-state index contributed by atoms with van der Waals surface area (Å²) in [5.74, 6) is 1.29. The van der Waals surface area contributed by atoms with Crippen LogP contribution in [0.3, 0.4) is 0 Å². The summed E-state index contributed by atoms with van der Waals surface area (Å²) in [6.45, 7) is 12.0. The van der Waals surface area contributed by atoms with Gasteiger partial charge in [0.05, 0.1) is 18.2 Å². The molecule has 0 bridgehead atoms. The lowest BCUT2D eigenvalue weighted by Crippen LogP contribution is -2.48. The minimum Gasteiger partial charge on any atom is -0.378 e. The van der Waals surface area contributed by atoms with Crippen molar-refractivity contribution in [2.45, 2.75) is 58.2 Å². The average molecular weight is 339 g/mol. The van der Waals surface area contributed by atoms with E-state index in [2.05, 4.69) is 46.4 Å². The van der Waals surface area contributed by atoms with Crippen molar-refractivity contribution in [2.24, 2.45) is 0 Å². The number of amides is 2. The summed E-state index contributed by atoms with van der Waals surface area (Å²) in [4.78, 5) is 18.5. The predicted octanol–water partition coefficient (Wildman–Crippen LogP) is 1.45. The number of methoxy groups -OCH3 is 1. The third-order valence-electron chi connectivity index (χ3n) is 4.27. The standard InChI is InChI=1S/C16H29N5O3/c1-7-17-15(22)18-11-8-21(9-12(11)23-6)10(2)13-19-14(20-24-13)16(3,4)5/h10-12H,7-9H2,1-6H3,(H2,17,18,22)/t10?,11?,12-/m0/s1. The fraction of sp³-hybridized carbons (Fsp3) is 0.812. The van der Waals surface area contributed by atoms with E-state index in [1.54, 1.807) is 7.11 Å². The maximum atomic E-state index is 11.8. The topological polar surface area (TPSA) is 92.5 Å². The Morgan fingerprint density at radius 2 is 2.17 bits per heavy atom. The molecule has 0 saturated carbocycles. The molecule has 2 amide bonds. The lowest BCUT2D eigenvalue weighted by molar-refractivity contribution is 0.0861. The molecule has 1 aromatic rings. The van der Waals surface area contributed by atoms with Gasteiger partial charge in [-0.2, -0.15) is 4.98 Å². The smallest absolute Gasteiger partial charge is 0.315 e. The van der Waals surface area contributed by atoms with Gasteiger partial charge >= 0.3 is 6.03 Å². The molecule has 0 aromatic carbocycles. The summed E-state index contributed by atoms with van der Waals surface area (Å²) in [7, 11) is 1.66. The molecule has 1 fully saturated rings. The van der Waals surface area contributed by atoms with Crippen molar-refractivity contribution in [3.8, 4) is 0 Å². The first-order valence-corrected chi connectivity index (χ1v) is 8.41. The van der Waals surface area contributed by atoms with E-state index in [-0.39, 0.29) is 29.6 Å². The molecular weight excluding hydrogens is 310 g/mol. The molecule has 1 saturated heterocycles. The number of nitrogens with one attached hydrogen (secondary N) is 2. The Balaban J connectivity index is 2.04. The van der Waals surface area contributed by atoms with Crippen LogP contribution >= 0.6 is 0 Å². The molecule has 0 radical (unpaired) electrons. The number of ether oxygens (including phenoxy) is 1. The number of carbonyl (C=O) groups is 1. The van der Waals surface area contributed by atoms with E-state index in [9.17, 15) is 4.79 Å². The SMILES string of the molecule is CCNC(=O)NC1CN(C(C)c2nc(C(C)(C)C)no2)C[C@@H]1OC. The molecule has 2 heterocycles. The van der Waals surface area contributed by atoms with Gasteiger partial charge in [0.25, 0.3) is 0 Å². The number of likely N-dealkylation sites (tertiary alicyclic amines) is 1. The lowest BCUT2D eigenvalue weighted by Gasteiger charge is -2.20.